The molecule has 0 saturated carbocycles. The van der Waals surface area contributed by atoms with E-state index in [-0.39, 0.29) is 5.91 Å². The van der Waals surface area contributed by atoms with Crippen LogP contribution in [0, 0.1) is 5.41 Å². The lowest BCUT2D eigenvalue weighted by atomic mass is 9.85. The Labute approximate surface area is 121 Å². The number of rotatable bonds is 3. The number of hydrogen-bond acceptors (Lipinski definition) is 3. The van der Waals surface area contributed by atoms with Gasteiger partial charge in [-0.05, 0) is 56.0 Å². The molecule has 1 aromatic carbocycles. The predicted octanol–water partition coefficient (Wildman–Crippen LogP) is 2.72. The second-order valence-corrected chi connectivity index (χ2v) is 6.47. The predicted molar refractivity (Wildman–Crippen MR) is 83.6 cm³/mol. The minimum absolute atomic E-state index is 0.0373. The van der Waals surface area contributed by atoms with Gasteiger partial charge in [0.2, 0.25) is 5.91 Å². The third-order valence-electron chi connectivity index (χ3n) is 3.97. The van der Waals surface area contributed by atoms with Gasteiger partial charge >= 0.3 is 0 Å². The van der Waals surface area contributed by atoms with E-state index in [1.54, 1.807) is 6.07 Å². The number of amides is 1. The Morgan fingerprint density at radius 1 is 1.35 bits per heavy atom. The summed E-state index contributed by atoms with van der Waals surface area (Å²) in [6, 6.07) is 7.30. The summed E-state index contributed by atoms with van der Waals surface area (Å²) in [5.41, 5.74) is 7.54. The Bertz CT molecular complexity index is 471. The van der Waals surface area contributed by atoms with Gasteiger partial charge in [0.25, 0.3) is 0 Å². The smallest absolute Gasteiger partial charge is 0.238 e. The average molecular weight is 275 g/mol. The Morgan fingerprint density at radius 2 is 2.15 bits per heavy atom. The Morgan fingerprint density at radius 3 is 2.90 bits per heavy atom. The largest absolute Gasteiger partial charge is 0.399 e. The summed E-state index contributed by atoms with van der Waals surface area (Å²) in [7, 11) is 0. The van der Waals surface area contributed by atoms with Crippen LogP contribution in [0.2, 0.25) is 0 Å². The van der Waals surface area contributed by atoms with Crippen LogP contribution in [0.15, 0.2) is 24.3 Å². The maximum Gasteiger partial charge on any atom is 0.238 e. The molecule has 1 aromatic rings. The molecule has 1 saturated heterocycles. The van der Waals surface area contributed by atoms with Crippen LogP contribution in [0.4, 0.5) is 11.4 Å². The van der Waals surface area contributed by atoms with E-state index in [4.69, 9.17) is 5.73 Å². The second kappa shape index (κ2) is 6.27. The third kappa shape index (κ3) is 4.53. The molecule has 4 nitrogen and oxygen atoms in total. The summed E-state index contributed by atoms with van der Waals surface area (Å²) in [5.74, 6) is 0.0373. The second-order valence-electron chi connectivity index (χ2n) is 6.47. The minimum Gasteiger partial charge on any atom is -0.399 e. The van der Waals surface area contributed by atoms with Crippen molar-refractivity contribution in [2.75, 3.05) is 30.7 Å². The van der Waals surface area contributed by atoms with Gasteiger partial charge in [-0.15, -0.1) is 0 Å². The molecule has 0 unspecified atom stereocenters. The lowest BCUT2D eigenvalue weighted by molar-refractivity contribution is -0.117. The van der Waals surface area contributed by atoms with Crippen molar-refractivity contribution >= 4 is 17.3 Å². The molecule has 1 amide bonds. The van der Waals surface area contributed by atoms with Crippen LogP contribution in [-0.4, -0.2) is 30.4 Å². The molecular weight excluding hydrogens is 250 g/mol. The van der Waals surface area contributed by atoms with Crippen molar-refractivity contribution in [3.63, 3.8) is 0 Å². The molecule has 1 aliphatic heterocycles. The van der Waals surface area contributed by atoms with E-state index in [1.807, 2.05) is 18.2 Å². The quantitative estimate of drug-likeness (QED) is 0.834. The molecule has 3 N–H and O–H groups in total. The number of nitrogen functional groups attached to an aromatic ring is 1. The van der Waals surface area contributed by atoms with Gasteiger partial charge in [0.1, 0.15) is 0 Å². The van der Waals surface area contributed by atoms with Crippen LogP contribution in [-0.2, 0) is 4.79 Å². The van der Waals surface area contributed by atoms with Crippen LogP contribution < -0.4 is 11.1 Å². The monoisotopic (exact) mass is 275 g/mol. The van der Waals surface area contributed by atoms with Gasteiger partial charge < -0.3 is 11.1 Å². The molecule has 2 rings (SSSR count). The van der Waals surface area contributed by atoms with E-state index in [2.05, 4.69) is 24.1 Å². The number of hydrogen-bond donors (Lipinski definition) is 2. The first-order chi connectivity index (χ1) is 9.44. The maximum atomic E-state index is 12.1. The van der Waals surface area contributed by atoms with Crippen molar-refractivity contribution in [3.8, 4) is 0 Å². The molecule has 110 valence electrons. The van der Waals surface area contributed by atoms with E-state index in [9.17, 15) is 4.79 Å². The van der Waals surface area contributed by atoms with Gasteiger partial charge in [-0.3, -0.25) is 9.69 Å². The van der Waals surface area contributed by atoms with Crippen LogP contribution >= 0.6 is 0 Å². The molecule has 1 heterocycles. The molecule has 1 aliphatic rings. The van der Waals surface area contributed by atoms with E-state index in [0.717, 1.165) is 25.2 Å². The van der Waals surface area contributed by atoms with Crippen molar-refractivity contribution in [2.24, 2.45) is 5.41 Å². The zero-order chi connectivity index (χ0) is 14.6. The first-order valence-electron chi connectivity index (χ1n) is 7.32. The molecule has 0 radical (unpaired) electrons. The van der Waals surface area contributed by atoms with E-state index in [1.165, 1.54) is 12.8 Å². The van der Waals surface area contributed by atoms with Crippen molar-refractivity contribution in [1.29, 1.82) is 0 Å². The van der Waals surface area contributed by atoms with Gasteiger partial charge in [-0.1, -0.05) is 19.9 Å². The zero-order valence-electron chi connectivity index (χ0n) is 12.5. The number of nitrogens with two attached hydrogens (primary N) is 1. The molecule has 20 heavy (non-hydrogen) atoms. The number of benzene rings is 1. The first kappa shape index (κ1) is 14.9. The summed E-state index contributed by atoms with van der Waals surface area (Å²) in [4.78, 5) is 14.3. The SMILES string of the molecule is CC1(C)CCCN(CC(=O)Nc2cccc(N)c2)CC1. The number of nitrogens with zero attached hydrogens (tertiary/aromatic N) is 1. The Balaban J connectivity index is 1.85. The topological polar surface area (TPSA) is 58.4 Å². The van der Waals surface area contributed by atoms with Crippen molar-refractivity contribution < 1.29 is 4.79 Å². The van der Waals surface area contributed by atoms with Gasteiger partial charge in [-0.25, -0.2) is 0 Å². The van der Waals surface area contributed by atoms with Gasteiger partial charge in [0.15, 0.2) is 0 Å². The minimum atomic E-state index is 0.0373. The molecular formula is C16H25N3O. The first-order valence-corrected chi connectivity index (χ1v) is 7.32. The van der Waals surface area contributed by atoms with Crippen LogP contribution in [0.3, 0.4) is 0 Å². The molecule has 0 aliphatic carbocycles. The summed E-state index contributed by atoms with van der Waals surface area (Å²) in [6.45, 7) is 7.09. The van der Waals surface area contributed by atoms with Crippen LogP contribution in [0.5, 0.6) is 0 Å². The third-order valence-corrected chi connectivity index (χ3v) is 3.97. The molecule has 0 spiro atoms. The highest BCUT2D eigenvalue weighted by atomic mass is 16.2. The highest BCUT2D eigenvalue weighted by molar-refractivity contribution is 5.92. The lowest BCUT2D eigenvalue weighted by Gasteiger charge is -2.23. The highest BCUT2D eigenvalue weighted by Gasteiger charge is 2.23. The van der Waals surface area contributed by atoms with Gasteiger partial charge in [0, 0.05) is 11.4 Å². The van der Waals surface area contributed by atoms with Crippen molar-refractivity contribution in [3.05, 3.63) is 24.3 Å². The highest BCUT2D eigenvalue weighted by Crippen LogP contribution is 2.29. The summed E-state index contributed by atoms with van der Waals surface area (Å²) >= 11 is 0. The van der Waals surface area contributed by atoms with E-state index >= 15 is 0 Å². The number of nitrogens with one attached hydrogen (secondary N) is 1. The van der Waals surface area contributed by atoms with Crippen LogP contribution in [0.1, 0.15) is 33.1 Å². The fraction of sp³-hybridized carbons (Fsp3) is 0.562. The van der Waals surface area contributed by atoms with Gasteiger partial charge in [-0.2, -0.15) is 0 Å². The average Bonchev–Trinajstić information content (AvgIpc) is 2.51. The molecule has 4 heteroatoms. The zero-order valence-corrected chi connectivity index (χ0v) is 12.5. The van der Waals surface area contributed by atoms with E-state index < -0.39 is 0 Å². The standard InChI is InChI=1S/C16H25N3O/c1-16(2)7-4-9-19(10-8-16)12-15(20)18-14-6-3-5-13(17)11-14/h3,5-6,11H,4,7-10,12,17H2,1-2H3,(H,18,20). The summed E-state index contributed by atoms with van der Waals surface area (Å²) < 4.78 is 0. The molecule has 0 bridgehead atoms. The normalized spacial score (nSPS) is 19.3. The maximum absolute atomic E-state index is 12.1. The number of anilines is 2. The fourth-order valence-corrected chi connectivity index (χ4v) is 2.66. The van der Waals surface area contributed by atoms with Gasteiger partial charge in [0.05, 0.1) is 6.54 Å². The van der Waals surface area contributed by atoms with E-state index in [0.29, 0.717) is 17.6 Å². The number of likely N-dealkylation sites (tertiary alicyclic amines) is 1. The molecule has 0 aromatic heterocycles. The molecule has 1 fully saturated rings. The Kier molecular flexibility index (Phi) is 4.65. The lowest BCUT2D eigenvalue weighted by Crippen LogP contribution is -2.34. The summed E-state index contributed by atoms with van der Waals surface area (Å²) in [6.07, 6.45) is 3.55. The number of carbonyl (C=O) groups is 1. The van der Waals surface area contributed by atoms with Crippen molar-refractivity contribution in [1.82, 2.24) is 4.90 Å². The molecule has 0 atom stereocenters. The number of carbonyl (C=O) groups excluding carboxylic acids is 1. The van der Waals surface area contributed by atoms with Crippen molar-refractivity contribution in [2.45, 2.75) is 33.1 Å². The fourth-order valence-electron chi connectivity index (χ4n) is 2.66. The van der Waals surface area contributed by atoms with Crippen LogP contribution in [0.25, 0.3) is 0 Å². The Hall–Kier alpha value is -1.55. The summed E-state index contributed by atoms with van der Waals surface area (Å²) in [5, 5.41) is 2.91.